The Balaban J connectivity index is 1.71. The molecule has 1 heterocycles. The van der Waals surface area contributed by atoms with Crippen LogP contribution in [-0.2, 0) is 11.3 Å². The van der Waals surface area contributed by atoms with E-state index in [1.807, 2.05) is 36.4 Å². The second kappa shape index (κ2) is 7.90. The van der Waals surface area contributed by atoms with Crippen LogP contribution in [0, 0.1) is 17.1 Å². The van der Waals surface area contributed by atoms with Crippen molar-refractivity contribution in [2.45, 2.75) is 6.54 Å². The topological polar surface area (TPSA) is 70.7 Å². The summed E-state index contributed by atoms with van der Waals surface area (Å²) in [7, 11) is 0. The Kier molecular flexibility index (Phi) is 5.20. The second-order valence-corrected chi connectivity index (χ2v) is 5.59. The van der Waals surface area contributed by atoms with Gasteiger partial charge in [0.15, 0.2) is 0 Å². The second-order valence-electron chi connectivity index (χ2n) is 5.59. The average molecular weight is 346 g/mol. The minimum atomic E-state index is -0.560. The lowest BCUT2D eigenvalue weighted by Crippen LogP contribution is -2.13. The highest BCUT2D eigenvalue weighted by Gasteiger charge is 2.10. The molecular weight excluding hydrogens is 331 g/mol. The molecule has 5 nitrogen and oxygen atoms in total. The maximum absolute atomic E-state index is 12.9. The normalized spacial score (nSPS) is 11.0. The molecule has 0 fully saturated rings. The molecule has 6 heteroatoms. The number of rotatable bonds is 5. The van der Waals surface area contributed by atoms with E-state index in [1.54, 1.807) is 17.1 Å². The Morgan fingerprint density at radius 1 is 1.19 bits per heavy atom. The zero-order chi connectivity index (χ0) is 18.4. The van der Waals surface area contributed by atoms with Gasteiger partial charge in [-0.05, 0) is 35.9 Å². The number of halogens is 1. The standard InChI is InChI=1S/C20H15FN4O/c21-18-6-8-19(9-7-18)24-20(26)17(11-22)10-16-12-23-25(14-16)13-15-4-2-1-3-5-15/h1-10,12,14H,13H2,(H,24,26)/b17-10+. The Morgan fingerprint density at radius 3 is 2.62 bits per heavy atom. The summed E-state index contributed by atoms with van der Waals surface area (Å²) in [5.74, 6) is -0.959. The van der Waals surface area contributed by atoms with E-state index in [0.717, 1.165) is 5.56 Å². The zero-order valence-corrected chi connectivity index (χ0v) is 13.8. The smallest absolute Gasteiger partial charge is 0.266 e. The Hall–Kier alpha value is -3.72. The van der Waals surface area contributed by atoms with E-state index in [2.05, 4.69) is 10.4 Å². The molecule has 26 heavy (non-hydrogen) atoms. The molecule has 0 atom stereocenters. The van der Waals surface area contributed by atoms with Crippen LogP contribution in [0.3, 0.4) is 0 Å². The third-order valence-corrected chi connectivity index (χ3v) is 3.62. The number of carbonyl (C=O) groups is 1. The van der Waals surface area contributed by atoms with Gasteiger partial charge in [0.1, 0.15) is 17.5 Å². The van der Waals surface area contributed by atoms with Crippen LogP contribution in [0.4, 0.5) is 10.1 Å². The van der Waals surface area contributed by atoms with E-state index in [0.29, 0.717) is 17.8 Å². The van der Waals surface area contributed by atoms with Crippen LogP contribution in [0.5, 0.6) is 0 Å². The van der Waals surface area contributed by atoms with E-state index in [9.17, 15) is 14.4 Å². The molecule has 0 saturated carbocycles. The third-order valence-electron chi connectivity index (χ3n) is 3.62. The first-order chi connectivity index (χ1) is 12.6. The first-order valence-electron chi connectivity index (χ1n) is 7.89. The summed E-state index contributed by atoms with van der Waals surface area (Å²) in [6, 6.07) is 17.0. The summed E-state index contributed by atoms with van der Waals surface area (Å²) < 4.78 is 14.6. The van der Waals surface area contributed by atoms with Crippen molar-refractivity contribution >= 4 is 17.7 Å². The maximum atomic E-state index is 12.9. The average Bonchev–Trinajstić information content (AvgIpc) is 3.09. The molecule has 0 aliphatic carbocycles. The SMILES string of the molecule is N#C/C(=C\c1cnn(Cc2ccccc2)c1)C(=O)Nc1ccc(F)cc1. The molecule has 2 aromatic carbocycles. The van der Waals surface area contributed by atoms with Gasteiger partial charge in [0.05, 0.1) is 12.7 Å². The van der Waals surface area contributed by atoms with Gasteiger partial charge in [-0.15, -0.1) is 0 Å². The van der Waals surface area contributed by atoms with Crippen LogP contribution in [0.1, 0.15) is 11.1 Å². The Labute approximate surface area is 150 Å². The van der Waals surface area contributed by atoms with E-state index < -0.39 is 11.7 Å². The molecule has 0 aliphatic rings. The third kappa shape index (κ3) is 4.42. The predicted molar refractivity (Wildman–Crippen MR) is 96.4 cm³/mol. The molecule has 0 saturated heterocycles. The van der Waals surface area contributed by atoms with Gasteiger partial charge in [-0.25, -0.2) is 4.39 Å². The number of carbonyl (C=O) groups excluding carboxylic acids is 1. The number of hydrogen-bond acceptors (Lipinski definition) is 3. The first-order valence-corrected chi connectivity index (χ1v) is 7.89. The van der Waals surface area contributed by atoms with Crippen LogP contribution < -0.4 is 5.32 Å². The van der Waals surface area contributed by atoms with Gasteiger partial charge in [-0.1, -0.05) is 30.3 Å². The summed E-state index contributed by atoms with van der Waals surface area (Å²) >= 11 is 0. The number of nitrogens with zero attached hydrogens (tertiary/aromatic N) is 3. The van der Waals surface area contributed by atoms with E-state index >= 15 is 0 Å². The minimum absolute atomic E-state index is 0.0615. The summed E-state index contributed by atoms with van der Waals surface area (Å²) in [5, 5.41) is 16.1. The number of nitriles is 1. The number of amides is 1. The van der Waals surface area contributed by atoms with Crippen molar-refractivity contribution in [3.63, 3.8) is 0 Å². The number of benzene rings is 2. The van der Waals surface area contributed by atoms with Crippen LogP contribution in [-0.4, -0.2) is 15.7 Å². The van der Waals surface area contributed by atoms with Crippen molar-refractivity contribution in [2.75, 3.05) is 5.32 Å². The fourth-order valence-electron chi connectivity index (χ4n) is 2.36. The summed E-state index contributed by atoms with van der Waals surface area (Å²) in [6.45, 7) is 0.596. The number of aromatic nitrogens is 2. The molecule has 128 valence electrons. The number of hydrogen-bond donors (Lipinski definition) is 1. The van der Waals surface area contributed by atoms with Gasteiger partial charge in [0, 0.05) is 17.4 Å². The van der Waals surface area contributed by atoms with Crippen LogP contribution in [0.2, 0.25) is 0 Å². The zero-order valence-electron chi connectivity index (χ0n) is 13.8. The first kappa shape index (κ1) is 17.1. The lowest BCUT2D eigenvalue weighted by molar-refractivity contribution is -0.112. The Bertz CT molecular complexity index is 969. The molecule has 0 bridgehead atoms. The fourth-order valence-corrected chi connectivity index (χ4v) is 2.36. The van der Waals surface area contributed by atoms with Crippen molar-refractivity contribution in [1.29, 1.82) is 5.26 Å². The summed E-state index contributed by atoms with van der Waals surface area (Å²) in [4.78, 5) is 12.2. The van der Waals surface area contributed by atoms with Crippen molar-refractivity contribution in [2.24, 2.45) is 0 Å². The monoisotopic (exact) mass is 346 g/mol. The highest BCUT2D eigenvalue weighted by atomic mass is 19.1. The van der Waals surface area contributed by atoms with Crippen molar-refractivity contribution in [1.82, 2.24) is 9.78 Å². The molecule has 3 rings (SSSR count). The van der Waals surface area contributed by atoms with Gasteiger partial charge in [-0.2, -0.15) is 10.4 Å². The van der Waals surface area contributed by atoms with Gasteiger partial charge in [-0.3, -0.25) is 9.48 Å². The molecule has 1 amide bonds. The van der Waals surface area contributed by atoms with Crippen molar-refractivity contribution < 1.29 is 9.18 Å². The molecule has 0 aliphatic heterocycles. The van der Waals surface area contributed by atoms with Gasteiger partial charge in [0.25, 0.3) is 5.91 Å². The lowest BCUT2D eigenvalue weighted by Gasteiger charge is -2.03. The molecule has 0 unspecified atom stereocenters. The summed E-state index contributed by atoms with van der Waals surface area (Å²) in [6.07, 6.45) is 4.81. The van der Waals surface area contributed by atoms with Crippen molar-refractivity contribution in [3.05, 3.63) is 89.5 Å². The molecule has 1 N–H and O–H groups in total. The molecular formula is C20H15FN4O. The van der Waals surface area contributed by atoms with Gasteiger partial charge < -0.3 is 5.32 Å². The molecule has 0 radical (unpaired) electrons. The van der Waals surface area contributed by atoms with Gasteiger partial charge in [0.2, 0.25) is 0 Å². The number of nitrogens with one attached hydrogen (secondary N) is 1. The van der Waals surface area contributed by atoms with Gasteiger partial charge >= 0.3 is 0 Å². The van der Waals surface area contributed by atoms with Crippen LogP contribution in [0.15, 0.2) is 72.6 Å². The lowest BCUT2D eigenvalue weighted by atomic mass is 10.2. The fraction of sp³-hybridized carbons (Fsp3) is 0.0500. The summed E-state index contributed by atoms with van der Waals surface area (Å²) in [5.41, 5.74) is 2.10. The molecule has 1 aromatic heterocycles. The van der Waals surface area contributed by atoms with Crippen molar-refractivity contribution in [3.8, 4) is 6.07 Å². The van der Waals surface area contributed by atoms with E-state index in [-0.39, 0.29) is 5.57 Å². The largest absolute Gasteiger partial charge is 0.321 e. The Morgan fingerprint density at radius 2 is 1.92 bits per heavy atom. The van der Waals surface area contributed by atoms with Crippen LogP contribution in [0.25, 0.3) is 6.08 Å². The maximum Gasteiger partial charge on any atom is 0.266 e. The predicted octanol–water partition coefficient (Wildman–Crippen LogP) is 3.62. The molecule has 0 spiro atoms. The quantitative estimate of drug-likeness (QED) is 0.567. The van der Waals surface area contributed by atoms with E-state index in [1.165, 1.54) is 30.3 Å². The van der Waals surface area contributed by atoms with Crippen LogP contribution >= 0.6 is 0 Å². The minimum Gasteiger partial charge on any atom is -0.321 e. The van der Waals surface area contributed by atoms with E-state index in [4.69, 9.17) is 0 Å². The molecule has 3 aromatic rings. The highest BCUT2D eigenvalue weighted by molar-refractivity contribution is 6.09. The number of anilines is 1. The highest BCUT2D eigenvalue weighted by Crippen LogP contribution is 2.12.